The lowest BCUT2D eigenvalue weighted by Gasteiger charge is -2.12. The molecule has 3 aromatic rings. The topological polar surface area (TPSA) is 68.2 Å². The minimum atomic E-state index is 0.290. The molecule has 1 saturated heterocycles. The SMILES string of the molecule is c1coc(CN2CCC(c3nnc(-c4ccncc4)o3)C2)c1. The summed E-state index contributed by atoms with van der Waals surface area (Å²) in [6.07, 6.45) is 6.18. The molecule has 1 atom stereocenters. The van der Waals surface area contributed by atoms with Crippen LogP contribution in [0.2, 0.25) is 0 Å². The molecule has 0 saturated carbocycles. The quantitative estimate of drug-likeness (QED) is 0.737. The van der Waals surface area contributed by atoms with Crippen molar-refractivity contribution in [1.29, 1.82) is 0 Å². The van der Waals surface area contributed by atoms with Crippen molar-refractivity contribution in [2.24, 2.45) is 0 Å². The number of hydrogen-bond acceptors (Lipinski definition) is 6. The third-order valence-electron chi connectivity index (χ3n) is 3.95. The molecule has 0 aliphatic carbocycles. The maximum atomic E-state index is 5.84. The normalized spacial score (nSPS) is 18.8. The van der Waals surface area contributed by atoms with E-state index in [0.29, 0.717) is 11.8 Å². The van der Waals surface area contributed by atoms with Crippen molar-refractivity contribution in [1.82, 2.24) is 20.1 Å². The Bertz CT molecular complexity index is 724. The average molecular weight is 296 g/mol. The van der Waals surface area contributed by atoms with E-state index in [0.717, 1.165) is 37.4 Å². The molecule has 0 N–H and O–H groups in total. The maximum Gasteiger partial charge on any atom is 0.247 e. The van der Waals surface area contributed by atoms with Crippen LogP contribution in [0, 0.1) is 0 Å². The Morgan fingerprint density at radius 2 is 2.09 bits per heavy atom. The van der Waals surface area contributed by atoms with E-state index in [1.165, 1.54) is 0 Å². The number of nitrogens with zero attached hydrogens (tertiary/aromatic N) is 4. The third-order valence-corrected chi connectivity index (χ3v) is 3.95. The summed E-state index contributed by atoms with van der Waals surface area (Å²) in [6, 6.07) is 7.66. The van der Waals surface area contributed by atoms with Crippen LogP contribution in [0.25, 0.3) is 11.5 Å². The fraction of sp³-hybridized carbons (Fsp3) is 0.312. The molecule has 112 valence electrons. The number of pyridine rings is 1. The van der Waals surface area contributed by atoms with Gasteiger partial charge in [-0.25, -0.2) is 0 Å². The molecule has 22 heavy (non-hydrogen) atoms. The van der Waals surface area contributed by atoms with E-state index in [4.69, 9.17) is 8.83 Å². The zero-order chi connectivity index (χ0) is 14.8. The summed E-state index contributed by atoms with van der Waals surface area (Å²) in [7, 11) is 0. The molecule has 4 heterocycles. The van der Waals surface area contributed by atoms with Crippen LogP contribution in [0.5, 0.6) is 0 Å². The summed E-state index contributed by atoms with van der Waals surface area (Å²) in [6.45, 7) is 2.76. The lowest BCUT2D eigenvalue weighted by Crippen LogP contribution is -2.19. The van der Waals surface area contributed by atoms with Crippen LogP contribution in [0.1, 0.15) is 24.0 Å². The van der Waals surface area contributed by atoms with Crippen molar-refractivity contribution < 1.29 is 8.83 Å². The molecule has 0 radical (unpaired) electrons. The summed E-state index contributed by atoms with van der Waals surface area (Å²) in [4.78, 5) is 6.34. The lowest BCUT2D eigenvalue weighted by atomic mass is 10.1. The van der Waals surface area contributed by atoms with Gasteiger partial charge in [0.1, 0.15) is 5.76 Å². The first-order chi connectivity index (χ1) is 10.9. The largest absolute Gasteiger partial charge is 0.468 e. The molecule has 4 rings (SSSR count). The van der Waals surface area contributed by atoms with Crippen LogP contribution in [0.4, 0.5) is 0 Å². The van der Waals surface area contributed by atoms with Crippen molar-refractivity contribution in [3.8, 4) is 11.5 Å². The van der Waals surface area contributed by atoms with Crippen LogP contribution < -0.4 is 0 Å². The number of furan rings is 1. The Kier molecular flexibility index (Phi) is 3.44. The van der Waals surface area contributed by atoms with E-state index >= 15 is 0 Å². The van der Waals surface area contributed by atoms with E-state index in [9.17, 15) is 0 Å². The highest BCUT2D eigenvalue weighted by molar-refractivity contribution is 5.50. The molecule has 1 unspecified atom stereocenters. The van der Waals surface area contributed by atoms with Gasteiger partial charge in [-0.05, 0) is 37.2 Å². The van der Waals surface area contributed by atoms with Gasteiger partial charge in [-0.2, -0.15) is 0 Å². The van der Waals surface area contributed by atoms with E-state index in [1.54, 1.807) is 18.7 Å². The predicted octanol–water partition coefficient (Wildman–Crippen LogP) is 2.71. The smallest absolute Gasteiger partial charge is 0.247 e. The molecule has 3 aromatic heterocycles. The van der Waals surface area contributed by atoms with Gasteiger partial charge in [-0.1, -0.05) is 0 Å². The Labute approximate surface area is 127 Å². The maximum absolute atomic E-state index is 5.84. The molecule has 0 bridgehead atoms. The van der Waals surface area contributed by atoms with Crippen molar-refractivity contribution in [2.45, 2.75) is 18.9 Å². The van der Waals surface area contributed by atoms with Gasteiger partial charge >= 0.3 is 0 Å². The van der Waals surface area contributed by atoms with Crippen molar-refractivity contribution in [3.63, 3.8) is 0 Å². The summed E-state index contributed by atoms with van der Waals surface area (Å²) in [5.74, 6) is 2.55. The average Bonchev–Trinajstić information content (AvgIpc) is 3.30. The highest BCUT2D eigenvalue weighted by Gasteiger charge is 2.28. The first-order valence-electron chi connectivity index (χ1n) is 7.37. The highest BCUT2D eigenvalue weighted by atomic mass is 16.4. The zero-order valence-corrected chi connectivity index (χ0v) is 12.1. The van der Waals surface area contributed by atoms with Gasteiger partial charge in [-0.15, -0.1) is 10.2 Å². The number of aromatic nitrogens is 3. The molecule has 1 aliphatic heterocycles. The fourth-order valence-electron chi connectivity index (χ4n) is 2.81. The number of rotatable bonds is 4. The Balaban J connectivity index is 1.44. The first kappa shape index (κ1) is 13.2. The molecule has 6 nitrogen and oxygen atoms in total. The second-order valence-corrected chi connectivity index (χ2v) is 5.48. The van der Waals surface area contributed by atoms with E-state index in [1.807, 2.05) is 24.3 Å². The van der Waals surface area contributed by atoms with Crippen LogP contribution in [0.15, 0.2) is 51.8 Å². The Morgan fingerprint density at radius 1 is 1.18 bits per heavy atom. The van der Waals surface area contributed by atoms with E-state index in [-0.39, 0.29) is 5.92 Å². The van der Waals surface area contributed by atoms with Gasteiger partial charge in [-0.3, -0.25) is 9.88 Å². The fourth-order valence-corrected chi connectivity index (χ4v) is 2.81. The summed E-state index contributed by atoms with van der Waals surface area (Å²) >= 11 is 0. The second-order valence-electron chi connectivity index (χ2n) is 5.48. The van der Waals surface area contributed by atoms with Crippen LogP contribution >= 0.6 is 0 Å². The Hall–Kier alpha value is -2.47. The molecular weight excluding hydrogens is 280 g/mol. The minimum absolute atomic E-state index is 0.290. The van der Waals surface area contributed by atoms with Crippen molar-refractivity contribution in [3.05, 3.63) is 54.6 Å². The van der Waals surface area contributed by atoms with Gasteiger partial charge in [0.05, 0.1) is 18.7 Å². The van der Waals surface area contributed by atoms with Crippen LogP contribution in [-0.2, 0) is 6.54 Å². The molecule has 6 heteroatoms. The van der Waals surface area contributed by atoms with Crippen LogP contribution in [0.3, 0.4) is 0 Å². The summed E-state index contributed by atoms with van der Waals surface area (Å²) < 4.78 is 11.2. The zero-order valence-electron chi connectivity index (χ0n) is 12.1. The molecular formula is C16H16N4O2. The summed E-state index contributed by atoms with van der Waals surface area (Å²) in [5.41, 5.74) is 0.902. The first-order valence-corrected chi connectivity index (χ1v) is 7.37. The van der Waals surface area contributed by atoms with Crippen LogP contribution in [-0.4, -0.2) is 33.2 Å². The number of hydrogen-bond donors (Lipinski definition) is 0. The monoisotopic (exact) mass is 296 g/mol. The van der Waals surface area contributed by atoms with Gasteiger partial charge in [0, 0.05) is 24.5 Å². The highest BCUT2D eigenvalue weighted by Crippen LogP contribution is 2.29. The number of likely N-dealkylation sites (tertiary alicyclic amines) is 1. The molecule has 1 fully saturated rings. The van der Waals surface area contributed by atoms with Gasteiger partial charge < -0.3 is 8.83 Å². The molecule has 0 spiro atoms. The van der Waals surface area contributed by atoms with Crippen molar-refractivity contribution in [2.75, 3.05) is 13.1 Å². The van der Waals surface area contributed by atoms with Gasteiger partial charge in [0.25, 0.3) is 0 Å². The standard InChI is InChI=1S/C16H16N4O2/c1-2-14(21-9-1)11-20-8-5-13(10-20)16-19-18-15(22-16)12-3-6-17-7-4-12/h1-4,6-7,9,13H,5,8,10-11H2. The predicted molar refractivity (Wildman–Crippen MR) is 78.9 cm³/mol. The molecule has 0 aromatic carbocycles. The summed E-state index contributed by atoms with van der Waals surface area (Å²) in [5, 5.41) is 8.37. The molecule has 0 amide bonds. The molecule has 1 aliphatic rings. The van der Waals surface area contributed by atoms with E-state index < -0.39 is 0 Å². The van der Waals surface area contributed by atoms with E-state index in [2.05, 4.69) is 20.1 Å². The Morgan fingerprint density at radius 3 is 2.91 bits per heavy atom. The van der Waals surface area contributed by atoms with Crippen molar-refractivity contribution >= 4 is 0 Å². The third kappa shape index (κ3) is 2.65. The lowest BCUT2D eigenvalue weighted by molar-refractivity contribution is 0.290. The van der Waals surface area contributed by atoms with Gasteiger partial charge in [0.15, 0.2) is 0 Å². The second kappa shape index (κ2) is 5.73. The minimum Gasteiger partial charge on any atom is -0.468 e. The van der Waals surface area contributed by atoms with Gasteiger partial charge in [0.2, 0.25) is 11.8 Å².